The molecular formula is C10H14BrN4O2. The van der Waals surface area contributed by atoms with Crippen LogP contribution in [-0.2, 0) is 6.54 Å². The molecule has 7 heteroatoms. The fourth-order valence-corrected chi connectivity index (χ4v) is 2.09. The quantitative estimate of drug-likeness (QED) is 0.498. The van der Waals surface area contributed by atoms with Gasteiger partial charge in [0.15, 0.2) is 5.69 Å². The largest absolute Gasteiger partial charge is 0.330 e. The highest BCUT2D eigenvalue weighted by atomic mass is 79.9. The molecule has 0 bridgehead atoms. The van der Waals surface area contributed by atoms with Crippen LogP contribution in [0.5, 0.6) is 0 Å². The first-order valence-corrected chi connectivity index (χ1v) is 6.09. The van der Waals surface area contributed by atoms with Crippen LogP contribution in [0.3, 0.4) is 0 Å². The molecule has 1 aromatic rings. The summed E-state index contributed by atoms with van der Waals surface area (Å²) in [4.78, 5) is 10.5. The fourth-order valence-electron chi connectivity index (χ4n) is 1.56. The summed E-state index contributed by atoms with van der Waals surface area (Å²) in [6.45, 7) is 6.09. The summed E-state index contributed by atoms with van der Waals surface area (Å²) in [5.41, 5.74) is 0.398. The van der Waals surface area contributed by atoms with E-state index in [0.717, 1.165) is 6.42 Å². The van der Waals surface area contributed by atoms with Gasteiger partial charge < -0.3 is 5.41 Å². The van der Waals surface area contributed by atoms with Crippen molar-refractivity contribution >= 4 is 27.3 Å². The number of halogens is 1. The molecule has 1 aromatic heterocycles. The van der Waals surface area contributed by atoms with Crippen molar-refractivity contribution < 1.29 is 4.92 Å². The Hall–Kier alpha value is -1.24. The summed E-state index contributed by atoms with van der Waals surface area (Å²) in [6, 6.07) is 0. The fraction of sp³-hybridized carbons (Fsp3) is 0.500. The van der Waals surface area contributed by atoms with Crippen molar-refractivity contribution in [2.45, 2.75) is 32.7 Å². The summed E-state index contributed by atoms with van der Waals surface area (Å²) in [7, 11) is 0. The second kappa shape index (κ2) is 5.90. The molecule has 0 unspecified atom stereocenters. The van der Waals surface area contributed by atoms with Gasteiger partial charge in [-0.25, -0.2) is 0 Å². The normalized spacial score (nSPS) is 10.5. The van der Waals surface area contributed by atoms with Gasteiger partial charge in [-0.05, 0) is 28.8 Å². The van der Waals surface area contributed by atoms with Crippen molar-refractivity contribution in [1.82, 2.24) is 9.78 Å². The van der Waals surface area contributed by atoms with Crippen molar-refractivity contribution in [3.05, 3.63) is 27.3 Å². The van der Waals surface area contributed by atoms with E-state index in [-0.39, 0.29) is 21.7 Å². The molecule has 1 N–H and O–H groups in total. The van der Waals surface area contributed by atoms with Gasteiger partial charge in [-0.15, -0.1) is 0 Å². The Labute approximate surface area is 108 Å². The van der Waals surface area contributed by atoms with E-state index in [9.17, 15) is 10.1 Å². The molecule has 0 atom stereocenters. The second-order valence-electron chi connectivity index (χ2n) is 3.55. The molecule has 0 aliphatic heterocycles. The standard InChI is InChI=1S/C10H14BrN4O2/c1-3-5-7(12)8-9(15(16)17)10(11)13-14(8)6-4-2/h12H,2-6H2,1H3. The lowest BCUT2D eigenvalue weighted by Crippen LogP contribution is -2.12. The molecule has 0 aliphatic carbocycles. The van der Waals surface area contributed by atoms with Crippen LogP contribution < -0.4 is 0 Å². The lowest BCUT2D eigenvalue weighted by atomic mass is 10.1. The molecule has 0 aliphatic rings. The Morgan fingerprint density at radius 3 is 2.82 bits per heavy atom. The Morgan fingerprint density at radius 1 is 1.71 bits per heavy atom. The predicted molar refractivity (Wildman–Crippen MR) is 68.3 cm³/mol. The number of nitrogens with zero attached hydrogens (tertiary/aromatic N) is 3. The van der Waals surface area contributed by atoms with Gasteiger partial charge >= 0.3 is 5.69 Å². The molecule has 1 heterocycles. The number of nitrogens with one attached hydrogen (secondary N) is 1. The average molecular weight is 302 g/mol. The van der Waals surface area contributed by atoms with E-state index in [2.05, 4.69) is 28.0 Å². The van der Waals surface area contributed by atoms with Gasteiger partial charge in [0.2, 0.25) is 4.60 Å². The molecule has 0 saturated carbocycles. The zero-order chi connectivity index (χ0) is 13.0. The molecule has 0 aromatic carbocycles. The van der Waals surface area contributed by atoms with E-state index in [1.807, 2.05) is 6.92 Å². The summed E-state index contributed by atoms with van der Waals surface area (Å²) in [5.74, 6) is 0. The predicted octanol–water partition coefficient (Wildman–Crippen LogP) is 2.95. The maximum absolute atomic E-state index is 11.0. The Morgan fingerprint density at radius 2 is 2.35 bits per heavy atom. The molecule has 0 fully saturated rings. The number of hydrogen-bond acceptors (Lipinski definition) is 4. The summed E-state index contributed by atoms with van der Waals surface area (Å²) < 4.78 is 1.65. The van der Waals surface area contributed by atoms with E-state index >= 15 is 0 Å². The third-order valence-corrected chi connectivity index (χ3v) is 2.76. The minimum absolute atomic E-state index is 0.128. The Kier molecular flexibility index (Phi) is 4.80. The summed E-state index contributed by atoms with van der Waals surface area (Å²) in [6.07, 6.45) is 1.83. The maximum Gasteiger partial charge on any atom is 0.330 e. The Bertz CT molecular complexity index is 442. The van der Waals surface area contributed by atoms with Crippen LogP contribution >= 0.6 is 15.9 Å². The monoisotopic (exact) mass is 301 g/mol. The third kappa shape index (κ3) is 2.91. The van der Waals surface area contributed by atoms with Crippen LogP contribution in [0.2, 0.25) is 0 Å². The molecule has 0 spiro atoms. The molecule has 1 radical (unpaired) electrons. The first kappa shape index (κ1) is 13.8. The maximum atomic E-state index is 11.0. The van der Waals surface area contributed by atoms with Crippen LogP contribution in [0.1, 0.15) is 31.9 Å². The summed E-state index contributed by atoms with van der Waals surface area (Å²) >= 11 is 3.07. The zero-order valence-corrected chi connectivity index (χ0v) is 11.2. The van der Waals surface area contributed by atoms with E-state index in [1.165, 1.54) is 4.68 Å². The van der Waals surface area contributed by atoms with E-state index in [4.69, 9.17) is 5.41 Å². The highest BCUT2D eigenvalue weighted by Gasteiger charge is 2.28. The lowest BCUT2D eigenvalue weighted by molar-refractivity contribution is -0.385. The first-order chi connectivity index (χ1) is 8.02. The van der Waals surface area contributed by atoms with Gasteiger partial charge in [0, 0.05) is 6.54 Å². The van der Waals surface area contributed by atoms with E-state index in [0.29, 0.717) is 19.4 Å². The SMILES string of the molecule is [CH2]CCn1nc(Br)c([N+](=O)[O-])c1C(=N)CCC. The number of aryl methyl sites for hydroxylation is 1. The molecule has 0 saturated heterocycles. The smallest absolute Gasteiger partial charge is 0.303 e. The molecule has 1 rings (SSSR count). The first-order valence-electron chi connectivity index (χ1n) is 5.30. The average Bonchev–Trinajstić information content (AvgIpc) is 2.56. The minimum Gasteiger partial charge on any atom is -0.303 e. The van der Waals surface area contributed by atoms with E-state index in [1.54, 1.807) is 0 Å². The van der Waals surface area contributed by atoms with Crippen molar-refractivity contribution in [2.75, 3.05) is 0 Å². The zero-order valence-electron chi connectivity index (χ0n) is 9.57. The van der Waals surface area contributed by atoms with Gasteiger partial charge in [0.25, 0.3) is 0 Å². The number of nitro groups is 1. The van der Waals surface area contributed by atoms with E-state index < -0.39 is 4.92 Å². The van der Waals surface area contributed by atoms with Gasteiger partial charge in [-0.2, -0.15) is 5.10 Å². The molecule has 17 heavy (non-hydrogen) atoms. The Balaban J connectivity index is 3.29. The number of hydrogen-bond donors (Lipinski definition) is 1. The lowest BCUT2D eigenvalue weighted by Gasteiger charge is -2.05. The van der Waals surface area contributed by atoms with Crippen molar-refractivity contribution in [3.8, 4) is 0 Å². The third-order valence-electron chi connectivity index (χ3n) is 2.22. The van der Waals surface area contributed by atoms with Crippen molar-refractivity contribution in [3.63, 3.8) is 0 Å². The van der Waals surface area contributed by atoms with Crippen LogP contribution in [-0.4, -0.2) is 20.4 Å². The number of rotatable bonds is 6. The van der Waals surface area contributed by atoms with Crippen LogP contribution in [0.15, 0.2) is 4.60 Å². The van der Waals surface area contributed by atoms with Gasteiger partial charge in [0.05, 0.1) is 10.6 Å². The number of aromatic nitrogens is 2. The van der Waals surface area contributed by atoms with Crippen molar-refractivity contribution in [1.29, 1.82) is 5.41 Å². The topological polar surface area (TPSA) is 84.8 Å². The summed E-state index contributed by atoms with van der Waals surface area (Å²) in [5, 5.41) is 22.9. The highest BCUT2D eigenvalue weighted by Crippen LogP contribution is 2.29. The molecule has 93 valence electrons. The molecule has 6 nitrogen and oxygen atoms in total. The van der Waals surface area contributed by atoms with Crippen LogP contribution in [0.25, 0.3) is 0 Å². The van der Waals surface area contributed by atoms with Gasteiger partial charge in [0.1, 0.15) is 0 Å². The van der Waals surface area contributed by atoms with Gasteiger partial charge in [-0.3, -0.25) is 14.8 Å². The minimum atomic E-state index is -0.504. The van der Waals surface area contributed by atoms with Crippen LogP contribution in [0.4, 0.5) is 5.69 Å². The van der Waals surface area contributed by atoms with Gasteiger partial charge in [-0.1, -0.05) is 20.3 Å². The second-order valence-corrected chi connectivity index (χ2v) is 4.30. The molecule has 0 amide bonds. The van der Waals surface area contributed by atoms with Crippen molar-refractivity contribution in [2.24, 2.45) is 0 Å². The highest BCUT2D eigenvalue weighted by molar-refractivity contribution is 9.10. The van der Waals surface area contributed by atoms with Crippen LogP contribution in [0, 0.1) is 22.4 Å². The molecular weight excluding hydrogens is 288 g/mol.